The van der Waals surface area contributed by atoms with Crippen molar-refractivity contribution in [3.05, 3.63) is 66.0 Å². The van der Waals surface area contributed by atoms with Gasteiger partial charge in [-0.15, -0.1) is 11.3 Å². The van der Waals surface area contributed by atoms with Gasteiger partial charge in [0.2, 0.25) is 0 Å². The van der Waals surface area contributed by atoms with Crippen LogP contribution in [-0.2, 0) is 0 Å². The van der Waals surface area contributed by atoms with Crippen LogP contribution in [0.15, 0.2) is 60.0 Å². The summed E-state index contributed by atoms with van der Waals surface area (Å²) in [7, 11) is 1.63. The van der Waals surface area contributed by atoms with Crippen molar-refractivity contribution in [1.82, 2.24) is 9.97 Å². The fourth-order valence-electron chi connectivity index (χ4n) is 3.08. The molecule has 1 N–H and O–H groups in total. The van der Waals surface area contributed by atoms with Crippen LogP contribution in [0.2, 0.25) is 0 Å². The number of fused-ring (bicyclic) bond motifs is 1. The van der Waals surface area contributed by atoms with Gasteiger partial charge in [0.05, 0.1) is 35.1 Å². The van der Waals surface area contributed by atoms with Crippen molar-refractivity contribution >= 4 is 33.6 Å². The fourth-order valence-corrected chi connectivity index (χ4v) is 4.25. The standard InChI is InChI=1S/C23H19N5O2S/c1-3-30-19-7-5-4-6-17(19)21-18(12-24)20-22(31-21)23(26-14-25-20)28-27-13-15-8-10-16(29-2)11-9-15/h4-11,13-14H,3H2,1-2H3,(H,25,26,28)/b27-13+. The smallest absolute Gasteiger partial charge is 0.167 e. The summed E-state index contributed by atoms with van der Waals surface area (Å²) in [4.78, 5) is 9.47. The van der Waals surface area contributed by atoms with Gasteiger partial charge >= 0.3 is 0 Å². The molecule has 31 heavy (non-hydrogen) atoms. The van der Waals surface area contributed by atoms with Gasteiger partial charge in [0.1, 0.15) is 29.4 Å². The molecule has 0 unspecified atom stereocenters. The summed E-state index contributed by atoms with van der Waals surface area (Å²) in [6.07, 6.45) is 3.12. The molecule has 7 nitrogen and oxygen atoms in total. The Balaban J connectivity index is 1.70. The highest BCUT2D eigenvalue weighted by Gasteiger charge is 2.20. The highest BCUT2D eigenvalue weighted by atomic mass is 32.1. The van der Waals surface area contributed by atoms with Crippen LogP contribution in [0.4, 0.5) is 5.82 Å². The van der Waals surface area contributed by atoms with E-state index in [1.54, 1.807) is 13.3 Å². The number of methoxy groups -OCH3 is 1. The molecule has 0 spiro atoms. The maximum Gasteiger partial charge on any atom is 0.167 e. The first kappa shape index (κ1) is 20.3. The third-order valence-corrected chi connectivity index (χ3v) is 5.73. The minimum absolute atomic E-state index is 0.497. The van der Waals surface area contributed by atoms with Crippen molar-refractivity contribution in [3.8, 4) is 28.0 Å². The van der Waals surface area contributed by atoms with Crippen molar-refractivity contribution in [2.45, 2.75) is 6.92 Å². The zero-order valence-corrected chi connectivity index (χ0v) is 17.8. The van der Waals surface area contributed by atoms with Crippen LogP contribution in [0, 0.1) is 11.3 Å². The minimum Gasteiger partial charge on any atom is -0.497 e. The molecule has 0 aliphatic heterocycles. The van der Waals surface area contributed by atoms with Crippen LogP contribution < -0.4 is 14.9 Å². The van der Waals surface area contributed by atoms with Crippen molar-refractivity contribution in [2.75, 3.05) is 19.1 Å². The number of para-hydroxylation sites is 1. The maximum absolute atomic E-state index is 9.84. The van der Waals surface area contributed by atoms with Crippen LogP contribution in [0.5, 0.6) is 11.5 Å². The van der Waals surface area contributed by atoms with E-state index in [0.29, 0.717) is 23.5 Å². The summed E-state index contributed by atoms with van der Waals surface area (Å²) >= 11 is 1.44. The quantitative estimate of drug-likeness (QED) is 0.325. The predicted molar refractivity (Wildman–Crippen MR) is 123 cm³/mol. The summed E-state index contributed by atoms with van der Waals surface area (Å²) in [5.74, 6) is 2.05. The van der Waals surface area contributed by atoms with E-state index in [4.69, 9.17) is 9.47 Å². The summed E-state index contributed by atoms with van der Waals surface area (Å²) in [6.45, 7) is 2.47. The minimum atomic E-state index is 0.497. The van der Waals surface area contributed by atoms with E-state index in [0.717, 1.165) is 32.2 Å². The number of nitrogens with one attached hydrogen (secondary N) is 1. The first-order valence-corrected chi connectivity index (χ1v) is 10.4. The second-order valence-electron chi connectivity index (χ2n) is 6.39. The van der Waals surface area contributed by atoms with Gasteiger partial charge in [-0.05, 0) is 48.9 Å². The van der Waals surface area contributed by atoms with E-state index in [1.165, 1.54) is 17.7 Å². The maximum atomic E-state index is 9.84. The van der Waals surface area contributed by atoms with E-state index < -0.39 is 0 Å². The van der Waals surface area contributed by atoms with Gasteiger partial charge in [0.25, 0.3) is 0 Å². The first-order chi connectivity index (χ1) is 15.2. The van der Waals surface area contributed by atoms with Crippen molar-refractivity contribution in [1.29, 1.82) is 5.26 Å². The molecule has 4 rings (SSSR count). The van der Waals surface area contributed by atoms with Gasteiger partial charge in [0.15, 0.2) is 5.82 Å². The van der Waals surface area contributed by atoms with E-state index in [2.05, 4.69) is 26.6 Å². The highest BCUT2D eigenvalue weighted by Crippen LogP contribution is 2.43. The molecule has 2 heterocycles. The Kier molecular flexibility index (Phi) is 6.05. The molecule has 154 valence electrons. The molecule has 2 aromatic carbocycles. The Morgan fingerprint density at radius 2 is 1.97 bits per heavy atom. The third-order valence-electron chi connectivity index (χ3n) is 4.52. The second-order valence-corrected chi connectivity index (χ2v) is 7.41. The lowest BCUT2D eigenvalue weighted by atomic mass is 10.1. The van der Waals surface area contributed by atoms with E-state index in [9.17, 15) is 5.26 Å². The molecule has 0 aliphatic carbocycles. The monoisotopic (exact) mass is 429 g/mol. The lowest BCUT2D eigenvalue weighted by Crippen LogP contribution is -1.95. The Hall–Kier alpha value is -3.96. The first-order valence-electron chi connectivity index (χ1n) is 9.58. The summed E-state index contributed by atoms with van der Waals surface area (Å²) < 4.78 is 11.7. The van der Waals surface area contributed by atoms with Crippen LogP contribution in [0.25, 0.3) is 20.7 Å². The van der Waals surface area contributed by atoms with Crippen molar-refractivity contribution in [3.63, 3.8) is 0 Å². The highest BCUT2D eigenvalue weighted by molar-refractivity contribution is 7.23. The van der Waals surface area contributed by atoms with Crippen molar-refractivity contribution in [2.24, 2.45) is 5.10 Å². The molecule has 0 amide bonds. The van der Waals surface area contributed by atoms with Gasteiger partial charge < -0.3 is 9.47 Å². The van der Waals surface area contributed by atoms with Crippen LogP contribution >= 0.6 is 11.3 Å². The molecule has 4 aromatic rings. The Labute approximate surface area is 183 Å². The summed E-state index contributed by atoms with van der Waals surface area (Å²) in [5.41, 5.74) is 5.83. The van der Waals surface area contributed by atoms with Crippen molar-refractivity contribution < 1.29 is 9.47 Å². The van der Waals surface area contributed by atoms with E-state index >= 15 is 0 Å². The number of ether oxygens (including phenoxy) is 2. The summed E-state index contributed by atoms with van der Waals surface area (Å²) in [6, 6.07) is 17.5. The normalized spacial score (nSPS) is 10.9. The molecule has 0 saturated heterocycles. The molecular formula is C23H19N5O2S. The van der Waals surface area contributed by atoms with Crippen LogP contribution in [-0.4, -0.2) is 29.9 Å². The molecule has 0 fully saturated rings. The third kappa shape index (κ3) is 4.17. The molecule has 0 saturated carbocycles. The molecule has 0 atom stereocenters. The molecule has 0 bridgehead atoms. The zero-order chi connectivity index (χ0) is 21.6. The number of aromatic nitrogens is 2. The van der Waals surface area contributed by atoms with Gasteiger partial charge in [-0.1, -0.05) is 12.1 Å². The van der Waals surface area contributed by atoms with Crippen LogP contribution in [0.1, 0.15) is 18.1 Å². The second kappa shape index (κ2) is 9.24. The van der Waals surface area contributed by atoms with E-state index in [-0.39, 0.29) is 0 Å². The zero-order valence-electron chi connectivity index (χ0n) is 17.0. The Morgan fingerprint density at radius 3 is 2.71 bits per heavy atom. The molecule has 0 aliphatic rings. The topological polar surface area (TPSA) is 92.4 Å². The van der Waals surface area contributed by atoms with Gasteiger partial charge in [-0.3, -0.25) is 5.43 Å². The molecular weight excluding hydrogens is 410 g/mol. The number of anilines is 1. The lowest BCUT2D eigenvalue weighted by Gasteiger charge is -2.08. The number of benzene rings is 2. The van der Waals surface area contributed by atoms with E-state index in [1.807, 2.05) is 55.5 Å². The Bertz CT molecular complexity index is 1280. The number of thiophene rings is 1. The summed E-state index contributed by atoms with van der Waals surface area (Å²) in [5, 5.41) is 14.1. The van der Waals surface area contributed by atoms with Gasteiger partial charge in [-0.25, -0.2) is 9.97 Å². The number of nitrogens with zero attached hydrogens (tertiary/aromatic N) is 4. The van der Waals surface area contributed by atoms with Crippen LogP contribution in [0.3, 0.4) is 0 Å². The predicted octanol–water partition coefficient (Wildman–Crippen LogP) is 5.08. The Morgan fingerprint density at radius 1 is 1.16 bits per heavy atom. The number of hydrazone groups is 1. The lowest BCUT2D eigenvalue weighted by molar-refractivity contribution is 0.341. The number of hydrogen-bond acceptors (Lipinski definition) is 8. The average Bonchev–Trinajstić information content (AvgIpc) is 3.19. The molecule has 2 aromatic heterocycles. The average molecular weight is 430 g/mol. The number of hydrogen-bond donors (Lipinski definition) is 1. The largest absolute Gasteiger partial charge is 0.497 e. The van der Waals surface area contributed by atoms with Gasteiger partial charge in [-0.2, -0.15) is 10.4 Å². The number of nitriles is 1. The molecule has 8 heteroatoms. The van der Waals surface area contributed by atoms with Gasteiger partial charge in [0, 0.05) is 5.56 Å². The number of rotatable bonds is 7. The molecule has 0 radical (unpaired) electrons. The SMILES string of the molecule is CCOc1ccccc1-c1sc2c(N/N=C/c3ccc(OC)cc3)ncnc2c1C#N. The fraction of sp³-hybridized carbons (Fsp3) is 0.130.